The van der Waals surface area contributed by atoms with E-state index in [9.17, 15) is 9.18 Å². The number of rotatable bonds is 6. The van der Waals surface area contributed by atoms with Gasteiger partial charge in [-0.2, -0.15) is 5.10 Å². The number of amides is 1. The summed E-state index contributed by atoms with van der Waals surface area (Å²) in [5.41, 5.74) is 5.88. The van der Waals surface area contributed by atoms with E-state index < -0.39 is 0 Å². The van der Waals surface area contributed by atoms with Gasteiger partial charge in [-0.15, -0.1) is 0 Å². The third kappa shape index (κ3) is 4.48. The summed E-state index contributed by atoms with van der Waals surface area (Å²) < 4.78 is 15.3. The molecule has 0 spiro atoms. The van der Waals surface area contributed by atoms with E-state index in [1.54, 1.807) is 0 Å². The molecule has 1 aliphatic rings. The lowest BCUT2D eigenvalue weighted by molar-refractivity contribution is -0.121. The monoisotopic (exact) mass is 422 g/mol. The lowest BCUT2D eigenvalue weighted by atomic mass is 9.69. The van der Waals surface area contributed by atoms with Gasteiger partial charge in [-0.05, 0) is 63.3 Å². The molecular formula is C25H31FN4O. The molecule has 0 aliphatic heterocycles. The standard InChI is InChI=1S/C25H31FN4O/c1-17-15-23-28-18(2)22(19(3)30(23)29-17)11-12-24(31)27-16-25(13-5-4-6-14-25)20-7-9-21(26)10-8-20/h7-10,15H,4-6,11-14,16H2,1-3H3,(H,27,31). The Labute approximate surface area is 183 Å². The maximum Gasteiger partial charge on any atom is 0.220 e. The quantitative estimate of drug-likeness (QED) is 0.624. The second-order valence-electron chi connectivity index (χ2n) is 8.94. The third-order valence-electron chi connectivity index (χ3n) is 6.78. The van der Waals surface area contributed by atoms with Crippen LogP contribution < -0.4 is 5.32 Å². The Morgan fingerprint density at radius 2 is 1.84 bits per heavy atom. The van der Waals surface area contributed by atoms with Crippen molar-refractivity contribution in [3.63, 3.8) is 0 Å². The average Bonchev–Trinajstić information content (AvgIpc) is 3.13. The molecule has 5 nitrogen and oxygen atoms in total. The van der Waals surface area contributed by atoms with Crippen LogP contribution in [0.4, 0.5) is 4.39 Å². The molecule has 3 aromatic rings. The highest BCUT2D eigenvalue weighted by Crippen LogP contribution is 2.39. The highest BCUT2D eigenvalue weighted by Gasteiger charge is 2.34. The largest absolute Gasteiger partial charge is 0.355 e. The second-order valence-corrected chi connectivity index (χ2v) is 8.94. The van der Waals surface area contributed by atoms with Crippen molar-refractivity contribution >= 4 is 11.6 Å². The van der Waals surface area contributed by atoms with E-state index in [-0.39, 0.29) is 17.1 Å². The lowest BCUT2D eigenvalue weighted by Crippen LogP contribution is -2.42. The number of hydrogen-bond acceptors (Lipinski definition) is 3. The summed E-state index contributed by atoms with van der Waals surface area (Å²) in [6.45, 7) is 6.59. The molecular weight excluding hydrogens is 391 g/mol. The summed E-state index contributed by atoms with van der Waals surface area (Å²) in [6.07, 6.45) is 6.59. The van der Waals surface area contributed by atoms with E-state index in [2.05, 4.69) is 15.4 Å². The molecule has 0 unspecified atom stereocenters. The molecule has 0 saturated heterocycles. The second kappa shape index (κ2) is 8.77. The SMILES string of the molecule is Cc1cc2nc(C)c(CCC(=O)NCC3(c4ccc(F)cc4)CCCCC3)c(C)n2n1. The van der Waals surface area contributed by atoms with Crippen LogP contribution in [0, 0.1) is 26.6 Å². The number of hydrogen-bond donors (Lipinski definition) is 1. The highest BCUT2D eigenvalue weighted by molar-refractivity contribution is 5.76. The van der Waals surface area contributed by atoms with Gasteiger partial charge < -0.3 is 5.32 Å². The van der Waals surface area contributed by atoms with Crippen molar-refractivity contribution in [3.05, 3.63) is 64.4 Å². The maximum absolute atomic E-state index is 13.4. The number of aryl methyl sites for hydroxylation is 3. The minimum absolute atomic E-state index is 0.0441. The molecule has 1 amide bonds. The minimum Gasteiger partial charge on any atom is -0.355 e. The molecule has 6 heteroatoms. The van der Waals surface area contributed by atoms with Gasteiger partial charge >= 0.3 is 0 Å². The van der Waals surface area contributed by atoms with Gasteiger partial charge in [0.15, 0.2) is 5.65 Å². The van der Waals surface area contributed by atoms with E-state index in [4.69, 9.17) is 0 Å². The maximum atomic E-state index is 13.4. The molecule has 1 fully saturated rings. The smallest absolute Gasteiger partial charge is 0.220 e. The molecule has 1 aromatic carbocycles. The Bertz CT molecular complexity index is 1080. The van der Waals surface area contributed by atoms with Crippen molar-refractivity contribution in [3.8, 4) is 0 Å². The average molecular weight is 423 g/mol. The van der Waals surface area contributed by atoms with Crippen molar-refractivity contribution in [2.24, 2.45) is 0 Å². The zero-order valence-corrected chi connectivity index (χ0v) is 18.7. The molecule has 164 valence electrons. The molecule has 31 heavy (non-hydrogen) atoms. The zero-order valence-electron chi connectivity index (χ0n) is 18.7. The summed E-state index contributed by atoms with van der Waals surface area (Å²) in [7, 11) is 0. The summed E-state index contributed by atoms with van der Waals surface area (Å²) >= 11 is 0. The Kier molecular flexibility index (Phi) is 6.08. The third-order valence-corrected chi connectivity index (χ3v) is 6.78. The predicted octanol–water partition coefficient (Wildman–Crippen LogP) is 4.74. The molecule has 1 aliphatic carbocycles. The van der Waals surface area contributed by atoms with Gasteiger partial charge in [-0.25, -0.2) is 13.9 Å². The van der Waals surface area contributed by atoms with E-state index >= 15 is 0 Å². The Balaban J connectivity index is 1.43. The first-order valence-corrected chi connectivity index (χ1v) is 11.2. The number of fused-ring (bicyclic) bond motifs is 1. The van der Waals surface area contributed by atoms with Gasteiger partial charge in [0.25, 0.3) is 0 Å². The first-order valence-electron chi connectivity index (χ1n) is 11.2. The Morgan fingerprint density at radius 3 is 2.55 bits per heavy atom. The molecule has 2 aromatic heterocycles. The molecule has 1 saturated carbocycles. The van der Waals surface area contributed by atoms with Crippen molar-refractivity contribution < 1.29 is 9.18 Å². The van der Waals surface area contributed by atoms with Crippen LogP contribution in [0.3, 0.4) is 0 Å². The highest BCUT2D eigenvalue weighted by atomic mass is 19.1. The van der Waals surface area contributed by atoms with Crippen LogP contribution in [-0.2, 0) is 16.6 Å². The summed E-state index contributed by atoms with van der Waals surface area (Å²) in [6, 6.07) is 8.78. The van der Waals surface area contributed by atoms with Crippen molar-refractivity contribution in [2.45, 2.75) is 71.1 Å². The minimum atomic E-state index is -0.220. The Hall–Kier alpha value is -2.76. The fraction of sp³-hybridized carbons (Fsp3) is 0.480. The van der Waals surface area contributed by atoms with Gasteiger partial charge in [-0.1, -0.05) is 31.4 Å². The van der Waals surface area contributed by atoms with Crippen LogP contribution in [0.2, 0.25) is 0 Å². The fourth-order valence-corrected chi connectivity index (χ4v) is 5.00. The molecule has 1 N–H and O–H groups in total. The van der Waals surface area contributed by atoms with Crippen molar-refractivity contribution in [1.82, 2.24) is 19.9 Å². The number of aromatic nitrogens is 3. The summed E-state index contributed by atoms with van der Waals surface area (Å²) in [5.74, 6) is -0.176. The first-order chi connectivity index (χ1) is 14.9. The normalized spacial score (nSPS) is 15.9. The van der Waals surface area contributed by atoms with Crippen LogP contribution >= 0.6 is 0 Å². The van der Waals surface area contributed by atoms with Gasteiger partial charge in [0, 0.05) is 35.8 Å². The van der Waals surface area contributed by atoms with Crippen LogP contribution in [0.5, 0.6) is 0 Å². The molecule has 0 radical (unpaired) electrons. The van der Waals surface area contributed by atoms with Crippen LogP contribution in [0.15, 0.2) is 30.3 Å². The topological polar surface area (TPSA) is 59.3 Å². The van der Waals surface area contributed by atoms with Crippen LogP contribution in [0.25, 0.3) is 5.65 Å². The van der Waals surface area contributed by atoms with Crippen molar-refractivity contribution in [2.75, 3.05) is 6.54 Å². The van der Waals surface area contributed by atoms with Gasteiger partial charge in [0.2, 0.25) is 5.91 Å². The first kappa shape index (κ1) is 21.5. The number of nitrogens with one attached hydrogen (secondary N) is 1. The van der Waals surface area contributed by atoms with E-state index in [0.29, 0.717) is 19.4 Å². The van der Waals surface area contributed by atoms with E-state index in [1.807, 2.05) is 43.5 Å². The lowest BCUT2D eigenvalue weighted by Gasteiger charge is -2.38. The molecule has 2 heterocycles. The zero-order chi connectivity index (χ0) is 22.0. The summed E-state index contributed by atoms with van der Waals surface area (Å²) in [5, 5.41) is 7.70. The number of nitrogens with zero attached hydrogens (tertiary/aromatic N) is 3. The summed E-state index contributed by atoms with van der Waals surface area (Å²) in [4.78, 5) is 17.4. The number of carbonyl (C=O) groups excluding carboxylic acids is 1. The van der Waals surface area contributed by atoms with Gasteiger partial charge in [0.05, 0.1) is 5.69 Å². The van der Waals surface area contributed by atoms with Gasteiger partial charge in [0.1, 0.15) is 5.82 Å². The van der Waals surface area contributed by atoms with Gasteiger partial charge in [-0.3, -0.25) is 4.79 Å². The number of halogens is 1. The molecule has 0 atom stereocenters. The molecule has 4 rings (SSSR count). The van der Waals surface area contributed by atoms with E-state index in [1.165, 1.54) is 18.6 Å². The number of benzene rings is 1. The van der Waals surface area contributed by atoms with E-state index in [0.717, 1.165) is 59.5 Å². The predicted molar refractivity (Wildman–Crippen MR) is 120 cm³/mol. The fourth-order valence-electron chi connectivity index (χ4n) is 5.00. The molecule has 0 bridgehead atoms. The number of carbonyl (C=O) groups is 1. The van der Waals surface area contributed by atoms with Crippen LogP contribution in [0.1, 0.15) is 66.7 Å². The van der Waals surface area contributed by atoms with Crippen molar-refractivity contribution in [1.29, 1.82) is 0 Å². The van der Waals surface area contributed by atoms with Crippen LogP contribution in [-0.4, -0.2) is 27.0 Å². The Morgan fingerprint density at radius 1 is 1.13 bits per heavy atom.